The van der Waals surface area contributed by atoms with E-state index in [9.17, 15) is 4.79 Å². The zero-order chi connectivity index (χ0) is 18.8. The van der Waals surface area contributed by atoms with Crippen molar-refractivity contribution in [1.82, 2.24) is 5.06 Å². The highest BCUT2D eigenvalue weighted by molar-refractivity contribution is 5.75. The van der Waals surface area contributed by atoms with Crippen LogP contribution in [-0.2, 0) is 19.0 Å². The first-order chi connectivity index (χ1) is 12.6. The third kappa shape index (κ3) is 6.80. The molecule has 0 spiro atoms. The lowest BCUT2D eigenvalue weighted by molar-refractivity contribution is -0.164. The molecule has 152 valence electrons. The van der Waals surface area contributed by atoms with E-state index in [2.05, 4.69) is 6.92 Å². The van der Waals surface area contributed by atoms with Gasteiger partial charge in [-0.15, -0.1) is 0 Å². The third-order valence-corrected chi connectivity index (χ3v) is 5.71. The number of nitrogens with zero attached hydrogens (tertiary/aromatic N) is 1. The molecule has 0 aliphatic carbocycles. The Morgan fingerprint density at radius 2 is 1.73 bits per heavy atom. The van der Waals surface area contributed by atoms with Crippen molar-refractivity contribution in [3.8, 4) is 0 Å². The molecule has 2 bridgehead atoms. The van der Waals surface area contributed by atoms with Gasteiger partial charge in [-0.1, -0.05) is 32.6 Å². The normalized spacial score (nSPS) is 27.2. The van der Waals surface area contributed by atoms with Crippen LogP contribution in [0.4, 0.5) is 0 Å². The molecule has 0 aromatic carbocycles. The predicted molar refractivity (Wildman–Crippen MR) is 99.1 cm³/mol. The first-order valence-electron chi connectivity index (χ1n) is 10.4. The summed E-state index contributed by atoms with van der Waals surface area (Å²) >= 11 is 0. The van der Waals surface area contributed by atoms with Crippen LogP contribution >= 0.6 is 0 Å². The lowest BCUT2D eigenvalue weighted by atomic mass is 9.77. The Kier molecular flexibility index (Phi) is 9.89. The van der Waals surface area contributed by atoms with Crippen LogP contribution in [0.1, 0.15) is 64.7 Å². The molecule has 6 nitrogen and oxygen atoms in total. The Morgan fingerprint density at radius 1 is 1.04 bits per heavy atom. The molecule has 1 N–H and O–H groups in total. The number of fused-ring (bicyclic) bond motifs is 2. The van der Waals surface area contributed by atoms with Crippen LogP contribution < -0.4 is 0 Å². The van der Waals surface area contributed by atoms with Gasteiger partial charge in [0, 0.05) is 26.2 Å². The second kappa shape index (κ2) is 11.9. The molecule has 2 fully saturated rings. The van der Waals surface area contributed by atoms with Crippen molar-refractivity contribution in [1.29, 1.82) is 0 Å². The minimum absolute atomic E-state index is 0.0568. The van der Waals surface area contributed by atoms with Crippen LogP contribution in [0.2, 0.25) is 0 Å². The number of carbonyl (C=O) groups excluding carboxylic acids is 1. The van der Waals surface area contributed by atoms with E-state index >= 15 is 0 Å². The summed E-state index contributed by atoms with van der Waals surface area (Å²) < 4.78 is 17.4. The highest BCUT2D eigenvalue weighted by Gasteiger charge is 2.48. The highest BCUT2D eigenvalue weighted by Crippen LogP contribution is 2.45. The second-order valence-corrected chi connectivity index (χ2v) is 7.72. The summed E-state index contributed by atoms with van der Waals surface area (Å²) in [6, 6.07) is 0. The number of carbonyl (C=O) groups is 1. The first kappa shape index (κ1) is 21.6. The Hall–Kier alpha value is -0.690. The Labute approximate surface area is 158 Å². The standard InChI is InChI=1S/C20H37NO5/c1-3-4-5-7-12-24-14-17-16(18-10-11-19(17)26-18)9-6-8-13-25-15-20(22)21(2)23/h16-19,23H,3-15H2,1-2H3/t16-,17+,18-,19+/m1/s1. The van der Waals surface area contributed by atoms with Gasteiger partial charge in [-0.3, -0.25) is 10.0 Å². The number of hydrogen-bond donors (Lipinski definition) is 1. The second-order valence-electron chi connectivity index (χ2n) is 7.72. The van der Waals surface area contributed by atoms with Gasteiger partial charge in [-0.25, -0.2) is 5.06 Å². The van der Waals surface area contributed by atoms with Crippen LogP contribution in [0, 0.1) is 11.8 Å². The Balaban J connectivity index is 1.58. The lowest BCUT2D eigenvalue weighted by Crippen LogP contribution is -2.31. The molecule has 6 heteroatoms. The maximum absolute atomic E-state index is 11.2. The van der Waals surface area contributed by atoms with Crippen molar-refractivity contribution in [2.75, 3.05) is 33.5 Å². The number of unbranched alkanes of at least 4 members (excludes halogenated alkanes) is 4. The van der Waals surface area contributed by atoms with Gasteiger partial charge in [0.2, 0.25) is 0 Å². The SMILES string of the molecule is CCCCCCOC[C@H]1[C@@H](CCCCOCC(=O)N(C)O)[C@H]2CC[C@@H]1O2. The molecule has 2 aliphatic heterocycles. The molecule has 26 heavy (non-hydrogen) atoms. The molecular weight excluding hydrogens is 334 g/mol. The maximum atomic E-state index is 11.2. The minimum atomic E-state index is -0.414. The van der Waals surface area contributed by atoms with Gasteiger partial charge >= 0.3 is 0 Å². The zero-order valence-corrected chi connectivity index (χ0v) is 16.5. The van der Waals surface area contributed by atoms with Gasteiger partial charge in [0.05, 0.1) is 18.8 Å². The van der Waals surface area contributed by atoms with Gasteiger partial charge < -0.3 is 14.2 Å². The fraction of sp³-hybridized carbons (Fsp3) is 0.950. The van der Waals surface area contributed by atoms with E-state index in [0.717, 1.165) is 32.5 Å². The molecule has 4 atom stereocenters. The van der Waals surface area contributed by atoms with Crippen molar-refractivity contribution in [2.24, 2.45) is 11.8 Å². The van der Waals surface area contributed by atoms with E-state index in [1.807, 2.05) is 0 Å². The zero-order valence-electron chi connectivity index (χ0n) is 16.5. The number of rotatable bonds is 14. The quantitative estimate of drug-likeness (QED) is 0.288. The van der Waals surface area contributed by atoms with E-state index in [-0.39, 0.29) is 6.61 Å². The molecule has 0 unspecified atom stereocenters. The number of ether oxygens (including phenoxy) is 3. The monoisotopic (exact) mass is 371 g/mol. The van der Waals surface area contributed by atoms with E-state index in [1.54, 1.807) is 0 Å². The molecule has 0 saturated carbocycles. The topological polar surface area (TPSA) is 68.2 Å². The van der Waals surface area contributed by atoms with Crippen LogP contribution in [0.3, 0.4) is 0 Å². The van der Waals surface area contributed by atoms with Crippen LogP contribution in [-0.4, -0.2) is 61.9 Å². The molecule has 2 saturated heterocycles. The van der Waals surface area contributed by atoms with Gasteiger partial charge in [-0.2, -0.15) is 0 Å². The number of likely N-dealkylation sites (N-methyl/N-ethyl adjacent to an activating group) is 1. The fourth-order valence-electron chi connectivity index (χ4n) is 4.19. The van der Waals surface area contributed by atoms with Gasteiger partial charge in [0.1, 0.15) is 6.61 Å². The summed E-state index contributed by atoms with van der Waals surface area (Å²) in [6.07, 6.45) is 11.3. The Bertz CT molecular complexity index is 404. The lowest BCUT2D eigenvalue weighted by Gasteiger charge is -2.28. The molecule has 2 aliphatic rings. The molecule has 0 radical (unpaired) electrons. The molecule has 2 rings (SSSR count). The van der Waals surface area contributed by atoms with E-state index in [4.69, 9.17) is 19.4 Å². The van der Waals surface area contributed by atoms with E-state index < -0.39 is 5.91 Å². The van der Waals surface area contributed by atoms with Crippen molar-refractivity contribution in [3.63, 3.8) is 0 Å². The largest absolute Gasteiger partial charge is 0.381 e. The summed E-state index contributed by atoms with van der Waals surface area (Å²) in [7, 11) is 1.31. The smallest absolute Gasteiger partial charge is 0.271 e. The van der Waals surface area contributed by atoms with Gasteiger partial charge in [0.15, 0.2) is 0 Å². The molecule has 0 aromatic rings. The summed E-state index contributed by atoms with van der Waals surface area (Å²) in [6.45, 7) is 4.44. The summed E-state index contributed by atoms with van der Waals surface area (Å²) in [5.41, 5.74) is 0. The van der Waals surface area contributed by atoms with Crippen LogP contribution in [0.15, 0.2) is 0 Å². The van der Waals surface area contributed by atoms with Crippen molar-refractivity contribution in [3.05, 3.63) is 0 Å². The molecular formula is C20H37NO5. The molecule has 2 heterocycles. The number of hydrogen-bond acceptors (Lipinski definition) is 5. The number of amides is 1. The summed E-state index contributed by atoms with van der Waals surface area (Å²) in [5, 5.41) is 9.53. The Morgan fingerprint density at radius 3 is 2.46 bits per heavy atom. The van der Waals surface area contributed by atoms with Gasteiger partial charge in [0.25, 0.3) is 5.91 Å². The summed E-state index contributed by atoms with van der Waals surface area (Å²) in [5.74, 6) is 0.739. The van der Waals surface area contributed by atoms with Crippen molar-refractivity contribution < 1.29 is 24.2 Å². The first-order valence-corrected chi connectivity index (χ1v) is 10.4. The van der Waals surface area contributed by atoms with E-state index in [1.165, 1.54) is 45.6 Å². The maximum Gasteiger partial charge on any atom is 0.271 e. The van der Waals surface area contributed by atoms with Crippen molar-refractivity contribution in [2.45, 2.75) is 76.9 Å². The van der Waals surface area contributed by atoms with Crippen LogP contribution in [0.25, 0.3) is 0 Å². The van der Waals surface area contributed by atoms with E-state index in [0.29, 0.717) is 35.7 Å². The molecule has 1 amide bonds. The van der Waals surface area contributed by atoms with Crippen molar-refractivity contribution >= 4 is 5.91 Å². The van der Waals surface area contributed by atoms with Crippen LogP contribution in [0.5, 0.6) is 0 Å². The number of hydroxylamine groups is 2. The highest BCUT2D eigenvalue weighted by atomic mass is 16.5. The minimum Gasteiger partial charge on any atom is -0.381 e. The third-order valence-electron chi connectivity index (χ3n) is 5.71. The summed E-state index contributed by atoms with van der Waals surface area (Å²) in [4.78, 5) is 11.2. The predicted octanol–water partition coefficient (Wildman–Crippen LogP) is 3.41. The average molecular weight is 372 g/mol. The fourth-order valence-corrected chi connectivity index (χ4v) is 4.19. The van der Waals surface area contributed by atoms with Gasteiger partial charge in [-0.05, 0) is 38.0 Å². The molecule has 0 aromatic heterocycles. The average Bonchev–Trinajstić information content (AvgIpc) is 3.22.